The van der Waals surface area contributed by atoms with E-state index in [0.29, 0.717) is 16.9 Å². The topological polar surface area (TPSA) is 125 Å². The highest BCUT2D eigenvalue weighted by Crippen LogP contribution is 2.35. The van der Waals surface area contributed by atoms with E-state index >= 15 is 0 Å². The minimum Gasteiger partial charge on any atom is -0.481 e. The van der Waals surface area contributed by atoms with Crippen LogP contribution >= 0.6 is 11.3 Å². The van der Waals surface area contributed by atoms with E-state index in [1.54, 1.807) is 20.8 Å². The maximum atomic E-state index is 12.6. The Morgan fingerprint density at radius 2 is 2.00 bits per heavy atom. The summed E-state index contributed by atoms with van der Waals surface area (Å²) in [6, 6.07) is -0.518. The number of carbonyl (C=O) groups excluding carboxylic acids is 3. The first-order valence-electron chi connectivity index (χ1n) is 8.46. The number of hydrogen-bond acceptors (Lipinski definition) is 6. The van der Waals surface area contributed by atoms with Crippen molar-refractivity contribution in [1.29, 1.82) is 0 Å². The first-order chi connectivity index (χ1) is 12.6. The number of ether oxygens (including phenoxy) is 1. The number of amides is 3. The second-order valence-corrected chi connectivity index (χ2v) is 7.55. The van der Waals surface area contributed by atoms with Gasteiger partial charge < -0.3 is 20.1 Å². The van der Waals surface area contributed by atoms with Gasteiger partial charge in [0.15, 0.2) is 0 Å². The Morgan fingerprint density at radius 1 is 1.33 bits per heavy atom. The number of rotatable bonds is 5. The largest absolute Gasteiger partial charge is 0.481 e. The highest BCUT2D eigenvalue weighted by atomic mass is 32.1. The van der Waals surface area contributed by atoms with E-state index in [9.17, 15) is 24.3 Å². The average Bonchev–Trinajstić information content (AvgIpc) is 3.16. The Balaban J connectivity index is 2.29. The average molecular weight is 397 g/mol. The smallest absolute Gasteiger partial charge is 0.341 e. The van der Waals surface area contributed by atoms with Gasteiger partial charge in [-0.25, -0.2) is 9.59 Å². The third kappa shape index (κ3) is 4.05. The van der Waals surface area contributed by atoms with Crippen LogP contribution in [0.1, 0.15) is 45.9 Å². The molecule has 1 saturated heterocycles. The summed E-state index contributed by atoms with van der Waals surface area (Å²) in [6.07, 6.45) is 0.341. The number of nitrogens with one attached hydrogen (secondary N) is 2. The molecule has 1 unspecified atom stereocenters. The molecule has 1 atom stereocenters. The molecule has 3 N–H and O–H groups in total. The van der Waals surface area contributed by atoms with Crippen molar-refractivity contribution in [3.8, 4) is 0 Å². The molecule has 148 valence electrons. The molecule has 1 fully saturated rings. The van der Waals surface area contributed by atoms with E-state index in [1.165, 1.54) is 11.9 Å². The quantitative estimate of drug-likeness (QED) is 0.652. The van der Waals surface area contributed by atoms with Gasteiger partial charge in [-0.3, -0.25) is 14.9 Å². The normalized spacial score (nSPS) is 18.9. The van der Waals surface area contributed by atoms with E-state index in [2.05, 4.69) is 10.6 Å². The maximum absolute atomic E-state index is 12.6. The molecule has 10 heteroatoms. The molecule has 1 aliphatic heterocycles. The van der Waals surface area contributed by atoms with Crippen LogP contribution < -0.4 is 10.6 Å². The fourth-order valence-corrected chi connectivity index (χ4v) is 4.00. The lowest BCUT2D eigenvalue weighted by atomic mass is 9.90. The Labute approximate surface area is 160 Å². The first-order valence-corrected chi connectivity index (χ1v) is 9.28. The zero-order chi connectivity index (χ0) is 20.4. The number of esters is 1. The van der Waals surface area contributed by atoms with Crippen LogP contribution in [-0.4, -0.2) is 60.6 Å². The third-order valence-electron chi connectivity index (χ3n) is 4.56. The van der Waals surface area contributed by atoms with Gasteiger partial charge in [-0.2, -0.15) is 0 Å². The monoisotopic (exact) mass is 397 g/mol. The highest BCUT2D eigenvalue weighted by molar-refractivity contribution is 7.18. The fraction of sp³-hybridized carbons (Fsp3) is 0.529. The number of thiophene rings is 1. The lowest BCUT2D eigenvalue weighted by molar-refractivity contribution is -0.146. The molecule has 0 radical (unpaired) electrons. The van der Waals surface area contributed by atoms with Gasteiger partial charge in [-0.05, 0) is 32.8 Å². The number of carbonyl (C=O) groups is 4. The van der Waals surface area contributed by atoms with Crippen molar-refractivity contribution in [3.63, 3.8) is 0 Å². The van der Waals surface area contributed by atoms with E-state index in [1.807, 2.05) is 0 Å². The van der Waals surface area contributed by atoms with Crippen LogP contribution in [0.4, 0.5) is 9.80 Å². The summed E-state index contributed by atoms with van der Waals surface area (Å²) in [7, 11) is 1.47. The van der Waals surface area contributed by atoms with Gasteiger partial charge >= 0.3 is 18.0 Å². The second kappa shape index (κ2) is 7.95. The van der Waals surface area contributed by atoms with Gasteiger partial charge in [0.1, 0.15) is 5.00 Å². The predicted molar refractivity (Wildman–Crippen MR) is 99.4 cm³/mol. The lowest BCUT2D eigenvalue weighted by Gasteiger charge is -2.20. The summed E-state index contributed by atoms with van der Waals surface area (Å²) < 4.78 is 5.04. The van der Waals surface area contributed by atoms with Gasteiger partial charge in [0.05, 0.1) is 22.5 Å². The SMILES string of the molecule is CCOC(=O)c1c(NC(=O)N2CCC(C)(C(=O)O)C2)sc(C(=O)NC)c1C. The van der Waals surface area contributed by atoms with Crippen LogP contribution in [0.2, 0.25) is 0 Å². The summed E-state index contributed by atoms with van der Waals surface area (Å²) in [4.78, 5) is 50.0. The number of urea groups is 1. The summed E-state index contributed by atoms with van der Waals surface area (Å²) in [6.45, 7) is 5.37. The van der Waals surface area contributed by atoms with Crippen LogP contribution in [0.3, 0.4) is 0 Å². The maximum Gasteiger partial charge on any atom is 0.341 e. The van der Waals surface area contributed by atoms with Gasteiger partial charge in [-0.15, -0.1) is 11.3 Å². The molecule has 1 aromatic rings. The Kier molecular flexibility index (Phi) is 6.09. The molecular formula is C17H23N3O6S. The van der Waals surface area contributed by atoms with E-state index in [4.69, 9.17) is 4.74 Å². The molecule has 9 nitrogen and oxygen atoms in total. The molecule has 3 amide bonds. The van der Waals surface area contributed by atoms with Crippen LogP contribution in [0.5, 0.6) is 0 Å². The minimum absolute atomic E-state index is 0.0650. The standard InChI is InChI=1S/C17H23N3O6S/c1-5-26-14(22)10-9(2)11(12(21)18-4)27-13(10)19-16(25)20-7-6-17(3,8-20)15(23)24/h5-8H2,1-4H3,(H,18,21)(H,19,25)(H,23,24). The van der Waals surface area contributed by atoms with Crippen LogP contribution in [0.15, 0.2) is 0 Å². The molecule has 1 aromatic heterocycles. The summed E-state index contributed by atoms with van der Waals surface area (Å²) in [5.74, 6) is -1.96. The van der Waals surface area contributed by atoms with Crippen molar-refractivity contribution < 1.29 is 29.0 Å². The van der Waals surface area contributed by atoms with Crippen LogP contribution in [-0.2, 0) is 9.53 Å². The Bertz CT molecular complexity index is 790. The molecule has 0 aliphatic carbocycles. The molecule has 2 heterocycles. The molecular weight excluding hydrogens is 374 g/mol. The first kappa shape index (κ1) is 20.7. The van der Waals surface area contributed by atoms with E-state index in [0.717, 1.165) is 11.3 Å². The molecule has 0 aromatic carbocycles. The summed E-state index contributed by atoms with van der Waals surface area (Å²) >= 11 is 0.979. The van der Waals surface area contributed by atoms with Gasteiger partial charge in [0, 0.05) is 20.1 Å². The van der Waals surface area contributed by atoms with Gasteiger partial charge in [0.25, 0.3) is 5.91 Å². The predicted octanol–water partition coefficient (Wildman–Crippen LogP) is 1.92. The molecule has 27 heavy (non-hydrogen) atoms. The van der Waals surface area contributed by atoms with Crippen molar-refractivity contribution in [2.75, 3.05) is 32.1 Å². The molecule has 0 spiro atoms. The fourth-order valence-electron chi connectivity index (χ4n) is 2.87. The molecule has 2 rings (SSSR count). The molecule has 1 aliphatic rings. The van der Waals surface area contributed by atoms with Crippen molar-refractivity contribution in [2.45, 2.75) is 27.2 Å². The number of anilines is 1. The number of aliphatic carboxylic acids is 1. The van der Waals surface area contributed by atoms with Crippen molar-refractivity contribution in [1.82, 2.24) is 10.2 Å². The van der Waals surface area contributed by atoms with Gasteiger partial charge in [0.2, 0.25) is 0 Å². The molecule has 0 bridgehead atoms. The van der Waals surface area contributed by atoms with Crippen LogP contribution in [0, 0.1) is 12.3 Å². The minimum atomic E-state index is -1.00. The van der Waals surface area contributed by atoms with Crippen molar-refractivity contribution >= 4 is 40.2 Å². The van der Waals surface area contributed by atoms with Crippen molar-refractivity contribution in [2.24, 2.45) is 5.41 Å². The van der Waals surface area contributed by atoms with Gasteiger partial charge in [-0.1, -0.05) is 0 Å². The number of carboxylic acids is 1. The zero-order valence-corrected chi connectivity index (χ0v) is 16.5. The number of carboxylic acid groups (broad SMARTS) is 1. The van der Waals surface area contributed by atoms with E-state index < -0.39 is 23.4 Å². The Morgan fingerprint density at radius 3 is 2.52 bits per heavy atom. The number of likely N-dealkylation sites (tertiary alicyclic amines) is 1. The summed E-state index contributed by atoms with van der Waals surface area (Å²) in [5, 5.41) is 14.6. The molecule has 0 saturated carbocycles. The van der Waals surface area contributed by atoms with E-state index in [-0.39, 0.29) is 36.2 Å². The number of nitrogens with zero attached hydrogens (tertiary/aromatic N) is 1. The van der Waals surface area contributed by atoms with Crippen LogP contribution in [0.25, 0.3) is 0 Å². The zero-order valence-electron chi connectivity index (χ0n) is 15.7. The Hall–Kier alpha value is -2.62. The lowest BCUT2D eigenvalue weighted by Crippen LogP contribution is -2.37. The second-order valence-electron chi connectivity index (χ2n) is 6.53. The third-order valence-corrected chi connectivity index (χ3v) is 5.76. The summed E-state index contributed by atoms with van der Waals surface area (Å²) in [5.41, 5.74) is -0.446. The van der Waals surface area contributed by atoms with Crippen molar-refractivity contribution in [3.05, 3.63) is 16.0 Å². The highest BCUT2D eigenvalue weighted by Gasteiger charge is 2.42. The number of hydrogen-bond donors (Lipinski definition) is 3.